The van der Waals surface area contributed by atoms with Crippen LogP contribution in [-0.4, -0.2) is 28.5 Å². The van der Waals surface area contributed by atoms with Crippen molar-refractivity contribution in [3.63, 3.8) is 0 Å². The van der Waals surface area contributed by atoms with E-state index in [1.54, 1.807) is 0 Å². The molecule has 1 aromatic carbocycles. The third kappa shape index (κ3) is 4.91. The zero-order chi connectivity index (χ0) is 14.4. The van der Waals surface area contributed by atoms with E-state index in [2.05, 4.69) is 43.8 Å². The number of rotatable bonds is 6. The highest BCUT2D eigenvalue weighted by molar-refractivity contribution is 5.97. The minimum Gasteiger partial charge on any atom is -0.409 e. The molecule has 0 aliphatic carbocycles. The zero-order valence-corrected chi connectivity index (χ0v) is 12.3. The van der Waals surface area contributed by atoms with Crippen LogP contribution in [0.25, 0.3) is 0 Å². The van der Waals surface area contributed by atoms with E-state index in [1.165, 1.54) is 5.56 Å². The van der Waals surface area contributed by atoms with E-state index in [0.717, 1.165) is 18.7 Å². The van der Waals surface area contributed by atoms with Gasteiger partial charge in [-0.25, -0.2) is 0 Å². The minimum absolute atomic E-state index is 0.154. The second kappa shape index (κ2) is 7.14. The van der Waals surface area contributed by atoms with Crippen LogP contribution in [0.2, 0.25) is 0 Å². The molecule has 0 aromatic heterocycles. The Kier molecular flexibility index (Phi) is 5.83. The molecule has 3 N–H and O–H groups in total. The smallest absolute Gasteiger partial charge is 0.170 e. The second-order valence-corrected chi connectivity index (χ2v) is 5.60. The van der Waals surface area contributed by atoms with Crippen LogP contribution in [0.1, 0.15) is 38.8 Å². The van der Waals surface area contributed by atoms with Crippen LogP contribution in [0, 0.1) is 5.92 Å². The van der Waals surface area contributed by atoms with Gasteiger partial charge in [-0.05, 0) is 31.4 Å². The van der Waals surface area contributed by atoms with Crippen molar-refractivity contribution in [1.29, 1.82) is 0 Å². The van der Waals surface area contributed by atoms with Crippen LogP contribution in [0.4, 0.5) is 0 Å². The maximum Gasteiger partial charge on any atom is 0.170 e. The molecule has 106 valence electrons. The summed E-state index contributed by atoms with van der Waals surface area (Å²) in [6.07, 6.45) is 0. The van der Waals surface area contributed by atoms with E-state index in [4.69, 9.17) is 10.9 Å². The number of amidine groups is 1. The van der Waals surface area contributed by atoms with Crippen LogP contribution < -0.4 is 5.73 Å². The molecule has 0 unspecified atom stereocenters. The molecule has 19 heavy (non-hydrogen) atoms. The third-order valence-electron chi connectivity index (χ3n) is 3.05. The Labute approximate surface area is 115 Å². The van der Waals surface area contributed by atoms with Crippen molar-refractivity contribution in [2.45, 2.75) is 40.3 Å². The fraction of sp³-hybridized carbons (Fsp3) is 0.533. The van der Waals surface area contributed by atoms with Crippen LogP contribution in [0.15, 0.2) is 29.4 Å². The maximum absolute atomic E-state index is 8.72. The van der Waals surface area contributed by atoms with E-state index in [-0.39, 0.29) is 5.84 Å². The van der Waals surface area contributed by atoms with E-state index in [9.17, 15) is 0 Å². The lowest BCUT2D eigenvalue weighted by molar-refractivity contribution is 0.189. The van der Waals surface area contributed by atoms with Crippen LogP contribution >= 0.6 is 0 Å². The summed E-state index contributed by atoms with van der Waals surface area (Å²) in [7, 11) is 0. The molecule has 0 spiro atoms. The summed E-state index contributed by atoms with van der Waals surface area (Å²) in [5.74, 6) is 0.788. The van der Waals surface area contributed by atoms with Crippen molar-refractivity contribution in [2.75, 3.05) is 6.54 Å². The number of nitrogens with zero attached hydrogens (tertiary/aromatic N) is 2. The van der Waals surface area contributed by atoms with Crippen LogP contribution in [-0.2, 0) is 6.54 Å². The number of benzene rings is 1. The Balaban J connectivity index is 2.85. The zero-order valence-electron chi connectivity index (χ0n) is 12.3. The quantitative estimate of drug-likeness (QED) is 0.359. The molecule has 1 rings (SSSR count). The van der Waals surface area contributed by atoms with Gasteiger partial charge in [0, 0.05) is 24.7 Å². The van der Waals surface area contributed by atoms with Gasteiger partial charge in [-0.1, -0.05) is 37.2 Å². The highest BCUT2D eigenvalue weighted by Crippen LogP contribution is 2.12. The molecule has 0 saturated heterocycles. The molecule has 0 fully saturated rings. The minimum atomic E-state index is 0.154. The summed E-state index contributed by atoms with van der Waals surface area (Å²) in [6, 6.07) is 8.33. The van der Waals surface area contributed by atoms with Crippen molar-refractivity contribution in [2.24, 2.45) is 16.8 Å². The first kappa shape index (κ1) is 15.5. The van der Waals surface area contributed by atoms with Crippen molar-refractivity contribution in [3.8, 4) is 0 Å². The Morgan fingerprint density at radius 1 is 1.32 bits per heavy atom. The predicted octanol–water partition coefficient (Wildman–Crippen LogP) is 2.65. The van der Waals surface area contributed by atoms with E-state index in [1.807, 2.05) is 18.2 Å². The predicted molar refractivity (Wildman–Crippen MR) is 79.3 cm³/mol. The first-order valence-corrected chi connectivity index (χ1v) is 6.75. The maximum atomic E-state index is 8.72. The molecule has 0 heterocycles. The standard InChI is InChI=1S/C15H25N3O/c1-11(2)9-18(12(3)4)10-13-6-5-7-14(8-13)15(16)17-19/h5-8,11-12,19H,9-10H2,1-4H3,(H2,16,17). The number of hydrogen-bond donors (Lipinski definition) is 2. The largest absolute Gasteiger partial charge is 0.409 e. The van der Waals surface area contributed by atoms with Gasteiger partial charge >= 0.3 is 0 Å². The second-order valence-electron chi connectivity index (χ2n) is 5.60. The van der Waals surface area contributed by atoms with Gasteiger partial charge in [-0.15, -0.1) is 0 Å². The lowest BCUT2D eigenvalue weighted by atomic mass is 10.1. The topological polar surface area (TPSA) is 61.8 Å². The van der Waals surface area contributed by atoms with E-state index in [0.29, 0.717) is 12.0 Å². The average molecular weight is 263 g/mol. The number of hydrogen-bond acceptors (Lipinski definition) is 3. The Morgan fingerprint density at radius 3 is 2.53 bits per heavy atom. The van der Waals surface area contributed by atoms with Gasteiger partial charge in [0.05, 0.1) is 0 Å². The average Bonchev–Trinajstić information content (AvgIpc) is 2.36. The Bertz CT molecular complexity index is 427. The van der Waals surface area contributed by atoms with Gasteiger partial charge in [-0.2, -0.15) is 0 Å². The fourth-order valence-corrected chi connectivity index (χ4v) is 2.05. The summed E-state index contributed by atoms with van der Waals surface area (Å²) in [5, 5.41) is 11.8. The summed E-state index contributed by atoms with van der Waals surface area (Å²) >= 11 is 0. The van der Waals surface area contributed by atoms with Gasteiger partial charge in [0.1, 0.15) is 0 Å². The Morgan fingerprint density at radius 2 is 2.00 bits per heavy atom. The lowest BCUT2D eigenvalue weighted by Crippen LogP contribution is -2.33. The molecular weight excluding hydrogens is 238 g/mol. The van der Waals surface area contributed by atoms with Crippen molar-refractivity contribution < 1.29 is 5.21 Å². The highest BCUT2D eigenvalue weighted by atomic mass is 16.4. The Hall–Kier alpha value is -1.55. The molecule has 4 nitrogen and oxygen atoms in total. The molecule has 0 bridgehead atoms. The number of oxime groups is 1. The SMILES string of the molecule is CC(C)CN(Cc1cccc(/C(N)=N/O)c1)C(C)C. The summed E-state index contributed by atoms with van der Waals surface area (Å²) in [6.45, 7) is 10.8. The summed E-state index contributed by atoms with van der Waals surface area (Å²) in [5.41, 5.74) is 7.56. The van der Waals surface area contributed by atoms with E-state index >= 15 is 0 Å². The fourth-order valence-electron chi connectivity index (χ4n) is 2.05. The van der Waals surface area contributed by atoms with Crippen LogP contribution in [0.5, 0.6) is 0 Å². The van der Waals surface area contributed by atoms with Gasteiger partial charge in [0.25, 0.3) is 0 Å². The van der Waals surface area contributed by atoms with Crippen molar-refractivity contribution in [3.05, 3.63) is 35.4 Å². The van der Waals surface area contributed by atoms with Gasteiger partial charge in [0.2, 0.25) is 0 Å². The summed E-state index contributed by atoms with van der Waals surface area (Å²) in [4.78, 5) is 2.43. The van der Waals surface area contributed by atoms with E-state index < -0.39 is 0 Å². The first-order valence-electron chi connectivity index (χ1n) is 6.75. The van der Waals surface area contributed by atoms with Gasteiger partial charge < -0.3 is 10.9 Å². The molecular formula is C15H25N3O. The lowest BCUT2D eigenvalue weighted by Gasteiger charge is -2.28. The normalized spacial score (nSPS) is 12.7. The number of nitrogens with two attached hydrogens (primary N) is 1. The molecule has 0 radical (unpaired) electrons. The monoisotopic (exact) mass is 263 g/mol. The molecule has 4 heteroatoms. The molecule has 0 saturated carbocycles. The highest BCUT2D eigenvalue weighted by Gasteiger charge is 2.12. The van der Waals surface area contributed by atoms with Gasteiger partial charge in [-0.3, -0.25) is 4.90 Å². The molecule has 0 aliphatic rings. The molecule has 0 aliphatic heterocycles. The summed E-state index contributed by atoms with van der Waals surface area (Å²) < 4.78 is 0. The first-order chi connectivity index (χ1) is 8.93. The van der Waals surface area contributed by atoms with Gasteiger partial charge in [0.15, 0.2) is 5.84 Å². The van der Waals surface area contributed by atoms with Crippen molar-refractivity contribution >= 4 is 5.84 Å². The molecule has 1 aromatic rings. The molecule has 0 atom stereocenters. The van der Waals surface area contributed by atoms with Crippen molar-refractivity contribution in [1.82, 2.24) is 4.90 Å². The van der Waals surface area contributed by atoms with Crippen LogP contribution in [0.3, 0.4) is 0 Å². The third-order valence-corrected chi connectivity index (χ3v) is 3.05. The molecule has 0 amide bonds.